The van der Waals surface area contributed by atoms with Gasteiger partial charge in [0.25, 0.3) is 5.91 Å². The Balaban J connectivity index is 1.21. The number of carboxylic acids is 1. The molecule has 3 fully saturated rings. The fourth-order valence-corrected chi connectivity index (χ4v) is 6.94. The van der Waals surface area contributed by atoms with E-state index in [1.807, 2.05) is 35.2 Å². The molecule has 5 rings (SSSR count). The summed E-state index contributed by atoms with van der Waals surface area (Å²) in [5.41, 5.74) is -1.02. The van der Waals surface area contributed by atoms with Crippen LogP contribution >= 0.6 is 7.60 Å². The lowest BCUT2D eigenvalue weighted by Gasteiger charge is -2.33. The zero-order valence-electron chi connectivity index (χ0n) is 27.1. The number of alkyl carbamates (subject to hydrolysis) is 1. The smallest absolute Gasteiger partial charge is 0.479 e. The number of amides is 3. The molecule has 1 unspecified atom stereocenters. The monoisotopic (exact) mass is 702 g/mol. The van der Waals surface area contributed by atoms with Gasteiger partial charge in [0, 0.05) is 51.2 Å². The average molecular weight is 702 g/mol. The first-order chi connectivity index (χ1) is 23.3. The number of aromatic nitrogens is 2. The minimum Gasteiger partial charge on any atom is -0.479 e. The third-order valence-corrected chi connectivity index (χ3v) is 10.2. The number of hydrogen-bond donors (Lipinski definition) is 6. The molecule has 2 aromatic rings. The van der Waals surface area contributed by atoms with Crippen LogP contribution in [-0.4, -0.2) is 117 Å². The van der Waals surface area contributed by atoms with Crippen LogP contribution in [0.1, 0.15) is 48.7 Å². The van der Waals surface area contributed by atoms with Gasteiger partial charge >= 0.3 is 26.8 Å². The highest BCUT2D eigenvalue weighted by Gasteiger charge is 2.70. The fourth-order valence-electron chi connectivity index (χ4n) is 6.38. The SMILES string of the molecule is CC(C)[C@@H]1C[C@@]1(NC(=O)[C@@]1(NC(=O)c2cnccn2)C[C@@H]1c1ccccc1)B1OCCN(CCOC(=O)NC(C(=O)O)P(=O)(O)O)CCO1. The summed E-state index contributed by atoms with van der Waals surface area (Å²) in [7, 11) is -5.90. The highest BCUT2D eigenvalue weighted by Crippen LogP contribution is 2.55. The molecule has 2 aliphatic carbocycles. The Morgan fingerprint density at radius 3 is 2.35 bits per heavy atom. The summed E-state index contributed by atoms with van der Waals surface area (Å²) in [4.78, 5) is 78.7. The third-order valence-electron chi connectivity index (χ3n) is 9.15. The maximum atomic E-state index is 14.3. The van der Waals surface area contributed by atoms with Crippen LogP contribution in [0.25, 0.3) is 0 Å². The van der Waals surface area contributed by atoms with Crippen molar-refractivity contribution < 1.29 is 52.7 Å². The molecule has 49 heavy (non-hydrogen) atoms. The molecule has 0 spiro atoms. The average Bonchev–Trinajstić information content (AvgIpc) is 3.96. The zero-order valence-corrected chi connectivity index (χ0v) is 28.0. The minimum absolute atomic E-state index is 0.0494. The van der Waals surface area contributed by atoms with Crippen LogP contribution in [-0.2, 0) is 28.2 Å². The normalized spacial score (nSPS) is 26.1. The molecule has 1 aromatic carbocycles. The number of hydrogen-bond acceptors (Lipinski definition) is 11. The highest BCUT2D eigenvalue weighted by molar-refractivity contribution is 7.53. The van der Waals surface area contributed by atoms with Crippen LogP contribution in [0.4, 0.5) is 4.79 Å². The van der Waals surface area contributed by atoms with E-state index in [1.165, 1.54) is 18.6 Å². The van der Waals surface area contributed by atoms with Crippen LogP contribution in [0.15, 0.2) is 48.9 Å². The summed E-state index contributed by atoms with van der Waals surface area (Å²) < 4.78 is 28.6. The Labute approximate surface area is 282 Å². The molecule has 264 valence electrons. The molecule has 2 heterocycles. The molecule has 19 heteroatoms. The van der Waals surface area contributed by atoms with Crippen molar-refractivity contribution in [3.8, 4) is 0 Å². The van der Waals surface area contributed by atoms with E-state index in [9.17, 15) is 23.7 Å². The number of ether oxygens (including phenoxy) is 1. The molecule has 1 saturated heterocycles. The first kappa shape index (κ1) is 36.4. The Kier molecular flexibility index (Phi) is 11.1. The second-order valence-electron chi connectivity index (χ2n) is 12.8. The van der Waals surface area contributed by atoms with Crippen molar-refractivity contribution in [2.75, 3.05) is 39.5 Å². The molecular weight excluding hydrogens is 662 g/mol. The third kappa shape index (κ3) is 8.45. The molecule has 3 amide bonds. The van der Waals surface area contributed by atoms with E-state index in [2.05, 4.69) is 34.4 Å². The Hall–Kier alpha value is -3.93. The number of carbonyl (C=O) groups is 4. The van der Waals surface area contributed by atoms with Crippen LogP contribution in [0.3, 0.4) is 0 Å². The molecule has 3 aliphatic rings. The van der Waals surface area contributed by atoms with Crippen molar-refractivity contribution in [3.05, 3.63) is 60.2 Å². The van der Waals surface area contributed by atoms with Crippen molar-refractivity contribution in [1.82, 2.24) is 30.8 Å². The van der Waals surface area contributed by atoms with Gasteiger partial charge in [-0.1, -0.05) is 44.2 Å². The number of benzene rings is 1. The summed E-state index contributed by atoms with van der Waals surface area (Å²) in [5.74, 6) is -5.17. The van der Waals surface area contributed by atoms with Crippen molar-refractivity contribution in [2.45, 2.75) is 49.4 Å². The first-order valence-corrected chi connectivity index (χ1v) is 17.6. The summed E-state index contributed by atoms with van der Waals surface area (Å²) in [5, 5.41) is 16.8. The van der Waals surface area contributed by atoms with E-state index in [0.29, 0.717) is 25.9 Å². The van der Waals surface area contributed by atoms with E-state index < -0.39 is 49.4 Å². The molecule has 5 atom stereocenters. The van der Waals surface area contributed by atoms with Gasteiger partial charge in [0.15, 0.2) is 0 Å². The van der Waals surface area contributed by atoms with Crippen molar-refractivity contribution in [3.63, 3.8) is 0 Å². The molecule has 6 N–H and O–H groups in total. The van der Waals surface area contributed by atoms with Gasteiger partial charge in [0.2, 0.25) is 11.7 Å². The summed E-state index contributed by atoms with van der Waals surface area (Å²) in [6.45, 7) is 5.39. The van der Waals surface area contributed by atoms with Gasteiger partial charge in [0.05, 0.1) is 11.6 Å². The van der Waals surface area contributed by atoms with E-state index in [0.717, 1.165) is 5.56 Å². The number of rotatable bonds is 13. The lowest BCUT2D eigenvalue weighted by molar-refractivity contribution is -0.137. The van der Waals surface area contributed by atoms with Crippen LogP contribution in [0, 0.1) is 11.8 Å². The molecule has 2 saturated carbocycles. The lowest BCUT2D eigenvalue weighted by Crippen LogP contribution is -2.61. The second kappa shape index (κ2) is 14.9. The van der Waals surface area contributed by atoms with Gasteiger partial charge in [-0.3, -0.25) is 29.4 Å². The molecule has 1 aromatic heterocycles. The second-order valence-corrected chi connectivity index (χ2v) is 14.5. The quantitative estimate of drug-likeness (QED) is 0.122. The fraction of sp³-hybridized carbons (Fsp3) is 0.533. The van der Waals surface area contributed by atoms with Gasteiger partial charge in [-0.25, -0.2) is 14.6 Å². The Bertz CT molecular complexity index is 1560. The minimum atomic E-state index is -5.14. The number of carbonyl (C=O) groups excluding carboxylic acids is 3. The van der Waals surface area contributed by atoms with Crippen molar-refractivity contribution in [1.29, 1.82) is 0 Å². The number of nitrogens with zero attached hydrogens (tertiary/aromatic N) is 3. The number of carboxylic acid groups (broad SMARTS) is 1. The first-order valence-electron chi connectivity index (χ1n) is 15.9. The van der Waals surface area contributed by atoms with Crippen LogP contribution < -0.4 is 16.0 Å². The van der Waals surface area contributed by atoms with Crippen molar-refractivity contribution >= 4 is 38.6 Å². The van der Waals surface area contributed by atoms with Gasteiger partial charge in [-0.05, 0) is 30.2 Å². The summed E-state index contributed by atoms with van der Waals surface area (Å²) in [6.07, 6.45) is 3.95. The van der Waals surface area contributed by atoms with E-state index in [4.69, 9.17) is 28.9 Å². The van der Waals surface area contributed by atoms with E-state index >= 15 is 0 Å². The topological polar surface area (TPSA) is 239 Å². The largest absolute Gasteiger partial charge is 0.484 e. The molecule has 1 aliphatic heterocycles. The maximum Gasteiger partial charge on any atom is 0.484 e. The summed E-state index contributed by atoms with van der Waals surface area (Å²) >= 11 is 0. The van der Waals surface area contributed by atoms with E-state index in [1.54, 1.807) is 5.32 Å². The maximum absolute atomic E-state index is 14.3. The van der Waals surface area contributed by atoms with Gasteiger partial charge in [0.1, 0.15) is 17.8 Å². The molecule has 0 radical (unpaired) electrons. The van der Waals surface area contributed by atoms with E-state index in [-0.39, 0.29) is 55.7 Å². The molecule has 17 nitrogen and oxygen atoms in total. The van der Waals surface area contributed by atoms with Crippen LogP contribution in [0.5, 0.6) is 0 Å². The predicted octanol–water partition coefficient (Wildman–Crippen LogP) is 0.354. The Morgan fingerprint density at radius 2 is 1.78 bits per heavy atom. The van der Waals surface area contributed by atoms with Gasteiger partial charge in [-0.15, -0.1) is 0 Å². The van der Waals surface area contributed by atoms with Gasteiger partial charge < -0.3 is 39.6 Å². The highest BCUT2D eigenvalue weighted by atomic mass is 31.2. The standard InChI is InChI=1S/C30H40BN6O11P/c1-19(2)21-17-30(21,31-47-14-11-37(12-15-48-31)10-13-46-28(42)34-25(26(39)40)49(43,44)45)36-27(41)29(16-22(29)20-6-4-3-5-7-20)35-24(38)23-18-32-8-9-33-23/h3-9,18-19,21-22,25H,10-17H2,1-2H3,(H,34,42)(H,35,38)(H,36,41)(H,39,40)(H2,43,44,45)/t21-,22+,25?,29+,30-/m0/s1. The molecule has 0 bridgehead atoms. The number of aliphatic carboxylic acids is 1. The van der Waals surface area contributed by atoms with Crippen LogP contribution in [0.2, 0.25) is 0 Å². The summed E-state index contributed by atoms with van der Waals surface area (Å²) in [6, 6.07) is 9.52. The Morgan fingerprint density at radius 1 is 1.08 bits per heavy atom. The molecular formula is C30H40BN6O11P. The number of nitrogens with one attached hydrogen (secondary N) is 3. The zero-order chi connectivity index (χ0) is 35.4. The van der Waals surface area contributed by atoms with Gasteiger partial charge in [-0.2, -0.15) is 0 Å². The van der Waals surface area contributed by atoms with Crippen molar-refractivity contribution in [2.24, 2.45) is 11.8 Å². The predicted molar refractivity (Wildman–Crippen MR) is 172 cm³/mol. The lowest BCUT2D eigenvalue weighted by atomic mass is 9.71.